The molecule has 0 unspecified atom stereocenters. The van der Waals surface area contributed by atoms with E-state index < -0.39 is 39.2 Å². The molecule has 2 aromatic carbocycles. The van der Waals surface area contributed by atoms with E-state index in [2.05, 4.69) is 5.32 Å². The summed E-state index contributed by atoms with van der Waals surface area (Å²) in [6, 6.07) is 9.97. The van der Waals surface area contributed by atoms with Crippen LogP contribution in [0, 0.1) is 6.92 Å². The maximum atomic E-state index is 13.1. The monoisotopic (exact) mass is 434 g/mol. The number of sulfonamides is 1. The van der Waals surface area contributed by atoms with Crippen molar-refractivity contribution in [1.82, 2.24) is 5.32 Å². The van der Waals surface area contributed by atoms with E-state index >= 15 is 0 Å². The summed E-state index contributed by atoms with van der Waals surface area (Å²) >= 11 is 5.57. The smallest absolute Gasteiger partial charge is 0.350 e. The molecule has 1 amide bonds. The summed E-state index contributed by atoms with van der Waals surface area (Å²) in [6.45, 7) is 1.36. The van der Waals surface area contributed by atoms with Gasteiger partial charge in [-0.05, 0) is 36.2 Å². The molecule has 28 heavy (non-hydrogen) atoms. The first-order valence-corrected chi connectivity index (χ1v) is 10.3. The van der Waals surface area contributed by atoms with Crippen molar-refractivity contribution in [2.45, 2.75) is 19.6 Å². The van der Waals surface area contributed by atoms with E-state index in [9.17, 15) is 26.4 Å². The lowest BCUT2D eigenvalue weighted by atomic mass is 10.1. The lowest BCUT2D eigenvalue weighted by molar-refractivity contribution is -0.137. The largest absolute Gasteiger partial charge is 0.417 e. The highest BCUT2D eigenvalue weighted by Crippen LogP contribution is 2.37. The SMILES string of the molecule is Cc1ccccc1CNC(=O)CN(c1ccc(Cl)c(C(F)(F)F)c1)S(C)(=O)=O. The van der Waals surface area contributed by atoms with Crippen LogP contribution in [0.25, 0.3) is 0 Å². The molecule has 10 heteroatoms. The molecule has 5 nitrogen and oxygen atoms in total. The van der Waals surface area contributed by atoms with Gasteiger partial charge in [-0.2, -0.15) is 13.2 Å². The van der Waals surface area contributed by atoms with Gasteiger partial charge in [0.1, 0.15) is 6.54 Å². The molecule has 2 rings (SSSR count). The Hall–Kier alpha value is -2.26. The molecule has 0 saturated carbocycles. The number of halogens is 4. The summed E-state index contributed by atoms with van der Waals surface area (Å²) in [6.07, 6.45) is -3.95. The number of benzene rings is 2. The number of hydrogen-bond acceptors (Lipinski definition) is 3. The second kappa shape index (κ2) is 8.40. The van der Waals surface area contributed by atoms with Gasteiger partial charge in [0.25, 0.3) is 0 Å². The van der Waals surface area contributed by atoms with Crippen molar-refractivity contribution in [2.75, 3.05) is 17.1 Å². The van der Waals surface area contributed by atoms with Crippen LogP contribution in [-0.4, -0.2) is 27.1 Å². The number of nitrogens with zero attached hydrogens (tertiary/aromatic N) is 1. The van der Waals surface area contributed by atoms with Gasteiger partial charge in [-0.15, -0.1) is 0 Å². The first-order valence-electron chi connectivity index (χ1n) is 8.05. The van der Waals surface area contributed by atoms with Crippen molar-refractivity contribution in [2.24, 2.45) is 0 Å². The normalized spacial score (nSPS) is 11.9. The van der Waals surface area contributed by atoms with Gasteiger partial charge in [0, 0.05) is 6.54 Å². The van der Waals surface area contributed by atoms with Gasteiger partial charge >= 0.3 is 6.18 Å². The zero-order valence-electron chi connectivity index (χ0n) is 15.0. The van der Waals surface area contributed by atoms with Crippen molar-refractivity contribution < 1.29 is 26.4 Å². The third kappa shape index (κ3) is 5.62. The molecule has 0 spiro atoms. The first kappa shape index (κ1) is 22.0. The van der Waals surface area contributed by atoms with Gasteiger partial charge in [0.05, 0.1) is 22.5 Å². The van der Waals surface area contributed by atoms with Crippen LogP contribution in [0.4, 0.5) is 18.9 Å². The van der Waals surface area contributed by atoms with Crippen LogP contribution in [0.3, 0.4) is 0 Å². The molecule has 0 atom stereocenters. The Kier molecular flexibility index (Phi) is 6.61. The van der Waals surface area contributed by atoms with Crippen molar-refractivity contribution in [3.8, 4) is 0 Å². The number of rotatable bonds is 6. The van der Waals surface area contributed by atoms with E-state index in [0.29, 0.717) is 10.4 Å². The maximum Gasteiger partial charge on any atom is 0.417 e. The molecule has 0 saturated heterocycles. The predicted octanol–water partition coefficient (Wildman–Crippen LogP) is 3.75. The third-order valence-electron chi connectivity index (χ3n) is 3.97. The van der Waals surface area contributed by atoms with Crippen LogP contribution in [0.1, 0.15) is 16.7 Å². The molecule has 0 aliphatic rings. The Morgan fingerprint density at radius 3 is 2.39 bits per heavy atom. The second-order valence-corrected chi connectivity index (χ2v) is 8.45. The molecule has 0 heterocycles. The lowest BCUT2D eigenvalue weighted by Crippen LogP contribution is -2.40. The molecule has 0 aliphatic heterocycles. The van der Waals surface area contributed by atoms with Gasteiger partial charge in [0.15, 0.2) is 0 Å². The van der Waals surface area contributed by atoms with E-state index in [1.807, 2.05) is 19.1 Å². The van der Waals surface area contributed by atoms with Gasteiger partial charge in [0.2, 0.25) is 15.9 Å². The number of hydrogen-bond donors (Lipinski definition) is 1. The summed E-state index contributed by atoms with van der Waals surface area (Å²) in [5.74, 6) is -0.655. The Labute approximate surface area is 166 Å². The minimum Gasteiger partial charge on any atom is -0.350 e. The molecule has 0 aliphatic carbocycles. The number of nitrogens with one attached hydrogen (secondary N) is 1. The number of alkyl halides is 3. The number of aryl methyl sites for hydroxylation is 1. The van der Waals surface area contributed by atoms with E-state index in [0.717, 1.165) is 29.5 Å². The predicted molar refractivity (Wildman–Crippen MR) is 102 cm³/mol. The molecule has 1 N–H and O–H groups in total. The van der Waals surface area contributed by atoms with Gasteiger partial charge in [-0.1, -0.05) is 35.9 Å². The molecule has 2 aromatic rings. The van der Waals surface area contributed by atoms with Crippen LogP contribution in [-0.2, 0) is 27.5 Å². The van der Waals surface area contributed by atoms with Gasteiger partial charge in [-0.3, -0.25) is 9.10 Å². The lowest BCUT2D eigenvalue weighted by Gasteiger charge is -2.23. The first-order chi connectivity index (χ1) is 12.9. The number of amides is 1. The molecule has 0 fully saturated rings. The summed E-state index contributed by atoms with van der Waals surface area (Å²) in [7, 11) is -4.02. The topological polar surface area (TPSA) is 66.5 Å². The molecule has 0 aromatic heterocycles. The Morgan fingerprint density at radius 2 is 1.82 bits per heavy atom. The fraction of sp³-hybridized carbons (Fsp3) is 0.278. The zero-order chi connectivity index (χ0) is 21.1. The number of anilines is 1. The molecule has 0 radical (unpaired) electrons. The average Bonchev–Trinajstić information content (AvgIpc) is 2.57. The summed E-state index contributed by atoms with van der Waals surface area (Å²) < 4.78 is 63.9. The van der Waals surface area contributed by atoms with E-state index in [-0.39, 0.29) is 12.2 Å². The fourth-order valence-corrected chi connectivity index (χ4v) is 3.55. The molecule has 0 bridgehead atoms. The van der Waals surface area contributed by atoms with Crippen molar-refractivity contribution in [1.29, 1.82) is 0 Å². The third-order valence-corrected chi connectivity index (χ3v) is 5.44. The maximum absolute atomic E-state index is 13.1. The number of carbonyl (C=O) groups is 1. The Balaban J connectivity index is 2.24. The summed E-state index contributed by atoms with van der Waals surface area (Å²) in [5, 5.41) is 2.01. The van der Waals surface area contributed by atoms with Gasteiger partial charge < -0.3 is 5.32 Å². The van der Waals surface area contributed by atoms with Crippen LogP contribution in [0.5, 0.6) is 0 Å². The standard InChI is InChI=1S/C18H18ClF3N2O3S/c1-12-5-3-4-6-13(12)10-23-17(25)11-24(28(2,26)27)14-7-8-16(19)15(9-14)18(20,21)22/h3-9H,10-11H2,1-2H3,(H,23,25). The summed E-state index contributed by atoms with van der Waals surface area (Å²) in [4.78, 5) is 12.2. The van der Waals surface area contributed by atoms with Gasteiger partial charge in [-0.25, -0.2) is 8.42 Å². The molecular formula is C18H18ClF3N2O3S. The highest BCUT2D eigenvalue weighted by molar-refractivity contribution is 7.92. The highest BCUT2D eigenvalue weighted by Gasteiger charge is 2.34. The van der Waals surface area contributed by atoms with E-state index in [1.54, 1.807) is 12.1 Å². The van der Waals surface area contributed by atoms with E-state index in [1.165, 1.54) is 0 Å². The Bertz CT molecular complexity index is 978. The number of carbonyl (C=O) groups excluding carboxylic acids is 1. The fourth-order valence-electron chi connectivity index (χ4n) is 2.47. The van der Waals surface area contributed by atoms with Crippen molar-refractivity contribution in [3.63, 3.8) is 0 Å². The summed E-state index contributed by atoms with van der Waals surface area (Å²) in [5.41, 5.74) is 0.300. The molecular weight excluding hydrogens is 417 g/mol. The highest BCUT2D eigenvalue weighted by atomic mass is 35.5. The van der Waals surface area contributed by atoms with Crippen LogP contribution < -0.4 is 9.62 Å². The van der Waals surface area contributed by atoms with Crippen molar-refractivity contribution >= 4 is 33.2 Å². The van der Waals surface area contributed by atoms with E-state index in [4.69, 9.17) is 11.6 Å². The average molecular weight is 435 g/mol. The quantitative estimate of drug-likeness (QED) is 0.753. The van der Waals surface area contributed by atoms with Crippen LogP contribution in [0.2, 0.25) is 5.02 Å². The van der Waals surface area contributed by atoms with Crippen LogP contribution in [0.15, 0.2) is 42.5 Å². The minimum absolute atomic E-state index is 0.164. The van der Waals surface area contributed by atoms with Crippen molar-refractivity contribution in [3.05, 3.63) is 64.2 Å². The second-order valence-electron chi connectivity index (χ2n) is 6.13. The zero-order valence-corrected chi connectivity index (χ0v) is 16.6. The van der Waals surface area contributed by atoms with Crippen LogP contribution >= 0.6 is 11.6 Å². The Morgan fingerprint density at radius 1 is 1.18 bits per heavy atom. The minimum atomic E-state index is -4.76. The molecule has 152 valence electrons.